The van der Waals surface area contributed by atoms with Crippen LogP contribution < -0.4 is 10.2 Å². The molecule has 3 atom stereocenters. The van der Waals surface area contributed by atoms with E-state index in [4.69, 9.17) is 4.98 Å². The first-order chi connectivity index (χ1) is 16.9. The number of fused-ring (bicyclic) bond motifs is 1. The van der Waals surface area contributed by atoms with Gasteiger partial charge in [-0.15, -0.1) is 0 Å². The van der Waals surface area contributed by atoms with E-state index in [2.05, 4.69) is 78.5 Å². The average molecular weight is 471 g/mol. The van der Waals surface area contributed by atoms with Crippen LogP contribution in [0.25, 0.3) is 11.2 Å². The first-order valence-corrected chi connectivity index (χ1v) is 12.5. The Bertz CT molecular complexity index is 1290. The van der Waals surface area contributed by atoms with Gasteiger partial charge in [0.15, 0.2) is 5.65 Å². The van der Waals surface area contributed by atoms with E-state index < -0.39 is 0 Å². The third-order valence-electron chi connectivity index (χ3n) is 6.97. The first-order valence-electron chi connectivity index (χ1n) is 12.5. The first kappa shape index (κ1) is 23.1. The number of carbonyl (C=O) groups is 1. The highest BCUT2D eigenvalue weighted by atomic mass is 16.2. The summed E-state index contributed by atoms with van der Waals surface area (Å²) in [6.45, 7) is 10.7. The number of nitrogens with zero attached hydrogens (tertiary/aromatic N) is 5. The Hall–Kier alpha value is -3.61. The molecule has 1 amide bonds. The Morgan fingerprint density at radius 2 is 2.09 bits per heavy atom. The van der Waals surface area contributed by atoms with E-state index in [1.807, 2.05) is 22.4 Å². The highest BCUT2D eigenvalue weighted by Gasteiger charge is 2.30. The molecule has 1 N–H and O–H groups in total. The van der Waals surface area contributed by atoms with E-state index in [1.165, 1.54) is 11.3 Å². The van der Waals surface area contributed by atoms with Crippen molar-refractivity contribution in [2.45, 2.75) is 46.2 Å². The molecule has 0 bridgehead atoms. The Labute approximate surface area is 207 Å². The van der Waals surface area contributed by atoms with Crippen LogP contribution in [-0.4, -0.2) is 56.9 Å². The van der Waals surface area contributed by atoms with E-state index in [9.17, 15) is 4.79 Å². The molecular formula is C28H34N6O. The molecule has 0 saturated carbocycles. The van der Waals surface area contributed by atoms with Crippen LogP contribution >= 0.6 is 0 Å². The monoisotopic (exact) mass is 470 g/mol. The summed E-state index contributed by atoms with van der Waals surface area (Å²) in [5.41, 5.74) is 5.18. The van der Waals surface area contributed by atoms with Gasteiger partial charge in [0.25, 0.3) is 0 Å². The molecule has 3 unspecified atom stereocenters. The maximum atomic E-state index is 13.5. The van der Waals surface area contributed by atoms with E-state index in [0.717, 1.165) is 35.7 Å². The van der Waals surface area contributed by atoms with Crippen molar-refractivity contribution >= 4 is 28.6 Å². The van der Waals surface area contributed by atoms with Crippen molar-refractivity contribution in [2.24, 2.45) is 5.92 Å². The lowest BCUT2D eigenvalue weighted by Crippen LogP contribution is -2.56. The molecule has 1 saturated heterocycles. The van der Waals surface area contributed by atoms with Crippen molar-refractivity contribution in [3.8, 4) is 0 Å². The number of benzene rings is 1. The molecular weight excluding hydrogens is 436 g/mol. The summed E-state index contributed by atoms with van der Waals surface area (Å²) in [5.74, 6) is 1.40. The SMILES string of the molecule is Cc1cccc(N2CCN(C(=O)C(C)Nc3c(C4=CC(C)CC=C4)nc4cnccn34)CC2C)c1. The molecule has 1 aliphatic heterocycles. The van der Waals surface area contributed by atoms with Gasteiger partial charge in [-0.05, 0) is 56.4 Å². The van der Waals surface area contributed by atoms with E-state index >= 15 is 0 Å². The third-order valence-corrected chi connectivity index (χ3v) is 6.97. The lowest BCUT2D eigenvalue weighted by atomic mass is 9.96. The van der Waals surface area contributed by atoms with Gasteiger partial charge >= 0.3 is 0 Å². The van der Waals surface area contributed by atoms with Gasteiger partial charge in [0.2, 0.25) is 5.91 Å². The number of carbonyl (C=O) groups excluding carboxylic acids is 1. The van der Waals surface area contributed by atoms with Crippen LogP contribution in [0.2, 0.25) is 0 Å². The van der Waals surface area contributed by atoms with Crippen LogP contribution in [0.15, 0.2) is 61.1 Å². The standard InChI is InChI=1S/C28H34N6O/c1-19-7-5-9-23(15-19)26-27(34-12-11-29-17-25(34)31-26)30-22(4)28(35)32-13-14-33(21(3)18-32)24-10-6-8-20(2)16-24/h5-6,8-12,15-17,19,21-22,30H,7,13-14,18H2,1-4H3. The molecule has 0 radical (unpaired) electrons. The Kier molecular flexibility index (Phi) is 6.32. The van der Waals surface area contributed by atoms with Gasteiger partial charge < -0.3 is 15.1 Å². The molecule has 35 heavy (non-hydrogen) atoms. The van der Waals surface area contributed by atoms with Crippen LogP contribution in [0.3, 0.4) is 0 Å². The van der Waals surface area contributed by atoms with Gasteiger partial charge in [-0.3, -0.25) is 14.2 Å². The lowest BCUT2D eigenvalue weighted by molar-refractivity contribution is -0.132. The number of imidazole rings is 1. The second kappa shape index (κ2) is 9.56. The molecule has 182 valence electrons. The minimum Gasteiger partial charge on any atom is -0.365 e. The fourth-order valence-corrected chi connectivity index (χ4v) is 5.13. The Morgan fingerprint density at radius 3 is 2.86 bits per heavy atom. The van der Waals surface area contributed by atoms with Crippen molar-refractivity contribution in [1.29, 1.82) is 0 Å². The summed E-state index contributed by atoms with van der Waals surface area (Å²) in [5, 5.41) is 3.50. The molecule has 1 aromatic carbocycles. The summed E-state index contributed by atoms with van der Waals surface area (Å²) in [7, 11) is 0. The maximum Gasteiger partial charge on any atom is 0.244 e. The molecule has 3 aromatic rings. The molecule has 2 aliphatic rings. The van der Waals surface area contributed by atoms with Crippen LogP contribution in [-0.2, 0) is 4.79 Å². The minimum absolute atomic E-state index is 0.109. The number of hydrogen-bond donors (Lipinski definition) is 1. The van der Waals surface area contributed by atoms with Crippen molar-refractivity contribution < 1.29 is 4.79 Å². The molecule has 1 aliphatic carbocycles. The van der Waals surface area contributed by atoms with E-state index in [1.54, 1.807) is 12.4 Å². The summed E-state index contributed by atoms with van der Waals surface area (Å²) in [6.07, 6.45) is 13.0. The molecule has 7 heteroatoms. The number of aryl methyl sites for hydroxylation is 1. The Morgan fingerprint density at radius 1 is 1.23 bits per heavy atom. The fourth-order valence-electron chi connectivity index (χ4n) is 5.13. The number of piperazine rings is 1. The predicted octanol–water partition coefficient (Wildman–Crippen LogP) is 4.55. The van der Waals surface area contributed by atoms with E-state index in [0.29, 0.717) is 19.0 Å². The topological polar surface area (TPSA) is 65.8 Å². The second-order valence-corrected chi connectivity index (χ2v) is 9.88. The fraction of sp³-hybridized carbons (Fsp3) is 0.393. The second-order valence-electron chi connectivity index (χ2n) is 9.88. The van der Waals surface area contributed by atoms with Crippen molar-refractivity contribution in [2.75, 3.05) is 29.9 Å². The minimum atomic E-state index is -0.384. The predicted molar refractivity (Wildman–Crippen MR) is 142 cm³/mol. The average Bonchev–Trinajstić information content (AvgIpc) is 3.22. The van der Waals surface area contributed by atoms with Gasteiger partial charge in [-0.1, -0.05) is 37.3 Å². The molecule has 3 heterocycles. The summed E-state index contributed by atoms with van der Waals surface area (Å²) < 4.78 is 1.98. The normalized spacial score (nSPS) is 21.2. The summed E-state index contributed by atoms with van der Waals surface area (Å²) in [4.78, 5) is 27.0. The van der Waals surface area contributed by atoms with Crippen molar-refractivity contribution in [1.82, 2.24) is 19.3 Å². The molecule has 7 nitrogen and oxygen atoms in total. The number of aromatic nitrogens is 3. The number of hydrogen-bond acceptors (Lipinski definition) is 5. The van der Waals surface area contributed by atoms with Crippen LogP contribution in [0, 0.1) is 12.8 Å². The van der Waals surface area contributed by atoms with Gasteiger partial charge in [-0.25, -0.2) is 4.98 Å². The van der Waals surface area contributed by atoms with Gasteiger partial charge in [0.1, 0.15) is 17.6 Å². The maximum absolute atomic E-state index is 13.5. The number of nitrogens with one attached hydrogen (secondary N) is 1. The number of amides is 1. The van der Waals surface area contributed by atoms with Gasteiger partial charge in [-0.2, -0.15) is 0 Å². The van der Waals surface area contributed by atoms with Crippen molar-refractivity contribution in [3.05, 3.63) is 72.3 Å². The quantitative estimate of drug-likeness (QED) is 0.592. The van der Waals surface area contributed by atoms with Gasteiger partial charge in [0, 0.05) is 43.8 Å². The highest BCUT2D eigenvalue weighted by molar-refractivity contribution is 5.87. The number of anilines is 2. The molecule has 2 aromatic heterocycles. The summed E-state index contributed by atoms with van der Waals surface area (Å²) in [6, 6.07) is 8.45. The molecule has 1 fully saturated rings. The largest absolute Gasteiger partial charge is 0.365 e. The molecule has 0 spiro atoms. The zero-order valence-electron chi connectivity index (χ0n) is 21.0. The van der Waals surface area contributed by atoms with E-state index in [-0.39, 0.29) is 18.0 Å². The zero-order valence-corrected chi connectivity index (χ0v) is 21.0. The third kappa shape index (κ3) is 4.67. The molecule has 5 rings (SSSR count). The van der Waals surface area contributed by atoms with Crippen LogP contribution in [0.1, 0.15) is 38.4 Å². The van der Waals surface area contributed by atoms with Crippen LogP contribution in [0.4, 0.5) is 11.5 Å². The van der Waals surface area contributed by atoms with Crippen molar-refractivity contribution in [3.63, 3.8) is 0 Å². The highest BCUT2D eigenvalue weighted by Crippen LogP contribution is 2.31. The Balaban J connectivity index is 1.34. The van der Waals surface area contributed by atoms with Gasteiger partial charge in [0.05, 0.1) is 6.20 Å². The summed E-state index contributed by atoms with van der Waals surface area (Å²) >= 11 is 0. The smallest absolute Gasteiger partial charge is 0.244 e. The van der Waals surface area contributed by atoms with Crippen LogP contribution in [0.5, 0.6) is 0 Å². The zero-order chi connectivity index (χ0) is 24.5. The number of allylic oxidation sites excluding steroid dienone is 4. The lowest BCUT2D eigenvalue weighted by Gasteiger charge is -2.42. The number of rotatable bonds is 5.